The van der Waals surface area contributed by atoms with Crippen molar-refractivity contribution in [1.29, 1.82) is 0 Å². The van der Waals surface area contributed by atoms with Crippen LogP contribution in [0.15, 0.2) is 72.8 Å². The molecule has 0 saturated heterocycles. The zero-order valence-electron chi connectivity index (χ0n) is 22.6. The van der Waals surface area contributed by atoms with Crippen LogP contribution in [0.1, 0.15) is 50.7 Å². The van der Waals surface area contributed by atoms with Gasteiger partial charge in [0, 0.05) is 13.0 Å². The zero-order chi connectivity index (χ0) is 28.0. The first kappa shape index (κ1) is 29.4. The number of esters is 1. The van der Waals surface area contributed by atoms with Crippen molar-refractivity contribution in [1.82, 2.24) is 16.0 Å². The Bertz CT molecular complexity index is 1260. The van der Waals surface area contributed by atoms with Crippen LogP contribution >= 0.6 is 0 Å². The first-order chi connectivity index (χ1) is 18.9. The number of unbranched alkanes of at least 4 members (excludes halogenated alkanes) is 1. The summed E-state index contributed by atoms with van der Waals surface area (Å²) in [5.41, 5.74) is 1.95. The van der Waals surface area contributed by atoms with E-state index in [4.69, 9.17) is 4.74 Å². The Labute approximate surface area is 229 Å². The lowest BCUT2D eigenvalue weighted by Gasteiger charge is -2.21. The largest absolute Gasteiger partial charge is 0.466 e. The van der Waals surface area contributed by atoms with E-state index in [9.17, 15) is 19.2 Å². The maximum atomic E-state index is 13.1. The van der Waals surface area contributed by atoms with Crippen LogP contribution in [0.4, 0.5) is 0 Å². The molecule has 3 amide bonds. The van der Waals surface area contributed by atoms with Crippen LogP contribution in [0, 0.1) is 0 Å². The fraction of sp³-hybridized carbons (Fsp3) is 0.355. The molecule has 3 N–H and O–H groups in total. The summed E-state index contributed by atoms with van der Waals surface area (Å²) in [6.45, 7) is 4.08. The molecule has 8 nitrogen and oxygen atoms in total. The Morgan fingerprint density at radius 2 is 1.56 bits per heavy atom. The van der Waals surface area contributed by atoms with Crippen molar-refractivity contribution in [2.75, 3.05) is 6.61 Å². The van der Waals surface area contributed by atoms with Gasteiger partial charge in [-0.3, -0.25) is 19.2 Å². The number of nitrogens with one attached hydrogen (secondary N) is 3. The van der Waals surface area contributed by atoms with Crippen LogP contribution in [0.3, 0.4) is 0 Å². The first-order valence-corrected chi connectivity index (χ1v) is 13.4. The van der Waals surface area contributed by atoms with Gasteiger partial charge in [-0.25, -0.2) is 0 Å². The highest BCUT2D eigenvalue weighted by Crippen LogP contribution is 2.18. The van der Waals surface area contributed by atoms with Gasteiger partial charge in [-0.15, -0.1) is 0 Å². The van der Waals surface area contributed by atoms with Gasteiger partial charge in [-0.1, -0.05) is 86.1 Å². The van der Waals surface area contributed by atoms with E-state index >= 15 is 0 Å². The lowest BCUT2D eigenvalue weighted by Crippen LogP contribution is -2.53. The lowest BCUT2D eigenvalue weighted by molar-refractivity contribution is -0.146. The van der Waals surface area contributed by atoms with Gasteiger partial charge in [0.2, 0.25) is 17.7 Å². The lowest BCUT2D eigenvalue weighted by atomic mass is 10.0. The Hall–Kier alpha value is -4.20. The molecule has 2 atom stereocenters. The number of rotatable bonds is 14. The first-order valence-electron chi connectivity index (χ1n) is 13.4. The Kier molecular flexibility index (Phi) is 11.5. The van der Waals surface area contributed by atoms with E-state index in [2.05, 4.69) is 16.0 Å². The summed E-state index contributed by atoms with van der Waals surface area (Å²) in [6.07, 6.45) is 1.89. The van der Waals surface area contributed by atoms with Crippen molar-refractivity contribution in [2.24, 2.45) is 0 Å². The van der Waals surface area contributed by atoms with Gasteiger partial charge in [-0.2, -0.15) is 0 Å². The maximum absolute atomic E-state index is 13.1. The number of benzene rings is 3. The van der Waals surface area contributed by atoms with Gasteiger partial charge in [0.1, 0.15) is 12.1 Å². The molecule has 0 aromatic heterocycles. The number of carbonyl (C=O) groups excluding carboxylic acids is 4. The summed E-state index contributed by atoms with van der Waals surface area (Å²) in [4.78, 5) is 50.8. The van der Waals surface area contributed by atoms with Crippen molar-refractivity contribution < 1.29 is 23.9 Å². The highest BCUT2D eigenvalue weighted by atomic mass is 16.5. The maximum Gasteiger partial charge on any atom is 0.308 e. The highest BCUT2D eigenvalue weighted by Gasteiger charge is 2.27. The molecule has 0 saturated carbocycles. The molecule has 0 unspecified atom stereocenters. The summed E-state index contributed by atoms with van der Waals surface area (Å²) in [5, 5.41) is 10.2. The molecule has 0 radical (unpaired) electrons. The van der Waals surface area contributed by atoms with Gasteiger partial charge >= 0.3 is 5.97 Å². The fourth-order valence-corrected chi connectivity index (χ4v) is 4.10. The zero-order valence-corrected chi connectivity index (χ0v) is 22.6. The summed E-state index contributed by atoms with van der Waals surface area (Å²) in [5.74, 6) is -1.95. The molecule has 8 heteroatoms. The number of hydrogen-bond acceptors (Lipinski definition) is 5. The second-order valence-corrected chi connectivity index (χ2v) is 9.47. The van der Waals surface area contributed by atoms with Crippen LogP contribution in [-0.4, -0.2) is 42.4 Å². The predicted octanol–water partition coefficient (Wildman–Crippen LogP) is 3.81. The van der Waals surface area contributed by atoms with Crippen molar-refractivity contribution in [3.63, 3.8) is 0 Å². The van der Waals surface area contributed by atoms with Gasteiger partial charge in [-0.05, 0) is 41.7 Å². The molecule has 3 rings (SSSR count). The summed E-state index contributed by atoms with van der Waals surface area (Å²) < 4.78 is 5.20. The molecule has 0 aliphatic carbocycles. The highest BCUT2D eigenvalue weighted by molar-refractivity contribution is 5.94. The van der Waals surface area contributed by atoms with E-state index in [0.717, 1.165) is 28.3 Å². The molecule has 3 aromatic rings. The molecule has 0 spiro atoms. The summed E-state index contributed by atoms with van der Waals surface area (Å²) in [6, 6.07) is 21.2. The van der Waals surface area contributed by atoms with E-state index in [1.807, 2.05) is 79.7 Å². The van der Waals surface area contributed by atoms with Crippen LogP contribution < -0.4 is 16.0 Å². The molecule has 3 aromatic carbocycles. The molecule has 39 heavy (non-hydrogen) atoms. The SMILES string of the molecule is CCCCOC(=O)C[C@H](NC(=O)CCc1ccccc1)C(=O)N[C@@H](C)C(=O)NCc1cccc2ccccc12. The van der Waals surface area contributed by atoms with Crippen LogP contribution in [0.5, 0.6) is 0 Å². The number of hydrogen-bond donors (Lipinski definition) is 3. The van der Waals surface area contributed by atoms with Crippen LogP contribution in [0.25, 0.3) is 10.8 Å². The molecular weight excluding hydrogens is 494 g/mol. The minimum Gasteiger partial charge on any atom is -0.466 e. The fourth-order valence-electron chi connectivity index (χ4n) is 4.10. The minimum atomic E-state index is -1.16. The van der Waals surface area contributed by atoms with Crippen LogP contribution in [-0.2, 0) is 36.9 Å². The standard InChI is InChI=1S/C31H37N3O5/c1-3-4-19-39-29(36)20-27(34-28(35)18-17-23-11-6-5-7-12-23)31(38)33-22(2)30(37)32-21-25-15-10-14-24-13-8-9-16-26(24)25/h5-16,22,27H,3-4,17-21H2,1-2H3,(H,32,37)(H,33,38)(H,34,35)/t22-,27-/m0/s1. The van der Waals surface area contributed by atoms with E-state index in [0.29, 0.717) is 19.4 Å². The van der Waals surface area contributed by atoms with Gasteiger partial charge in [0.15, 0.2) is 0 Å². The minimum absolute atomic E-state index is 0.153. The van der Waals surface area contributed by atoms with Crippen molar-refractivity contribution in [3.05, 3.63) is 83.9 Å². The smallest absolute Gasteiger partial charge is 0.308 e. The van der Waals surface area contributed by atoms with Crippen molar-refractivity contribution >= 4 is 34.5 Å². The molecule has 0 aliphatic rings. The third-order valence-electron chi connectivity index (χ3n) is 6.35. The second kappa shape index (κ2) is 15.3. The van der Waals surface area contributed by atoms with Crippen LogP contribution in [0.2, 0.25) is 0 Å². The topological polar surface area (TPSA) is 114 Å². The molecule has 0 bridgehead atoms. The number of aryl methyl sites for hydroxylation is 1. The average molecular weight is 532 g/mol. The van der Waals surface area contributed by atoms with E-state index in [1.54, 1.807) is 6.92 Å². The van der Waals surface area contributed by atoms with Crippen molar-refractivity contribution in [2.45, 2.75) is 64.6 Å². The van der Waals surface area contributed by atoms with E-state index in [1.165, 1.54) is 0 Å². The quantitative estimate of drug-likeness (QED) is 0.216. The molecule has 206 valence electrons. The second-order valence-electron chi connectivity index (χ2n) is 9.47. The number of amides is 3. The average Bonchev–Trinajstić information content (AvgIpc) is 2.95. The van der Waals surface area contributed by atoms with Gasteiger partial charge in [0.05, 0.1) is 13.0 Å². The predicted molar refractivity (Wildman–Crippen MR) is 151 cm³/mol. The van der Waals surface area contributed by atoms with Gasteiger partial charge < -0.3 is 20.7 Å². The molecule has 0 aliphatic heterocycles. The normalized spacial score (nSPS) is 12.3. The summed E-state index contributed by atoms with van der Waals surface area (Å²) >= 11 is 0. The van der Waals surface area contributed by atoms with E-state index in [-0.39, 0.29) is 31.3 Å². The molecule has 0 fully saturated rings. The third-order valence-corrected chi connectivity index (χ3v) is 6.35. The number of ether oxygens (including phenoxy) is 1. The van der Waals surface area contributed by atoms with Gasteiger partial charge in [0.25, 0.3) is 0 Å². The van der Waals surface area contributed by atoms with Crippen molar-refractivity contribution in [3.8, 4) is 0 Å². The summed E-state index contributed by atoms with van der Waals surface area (Å²) in [7, 11) is 0. The number of fused-ring (bicyclic) bond motifs is 1. The van der Waals surface area contributed by atoms with E-state index < -0.39 is 24.0 Å². The molecular formula is C31H37N3O5. The number of carbonyl (C=O) groups is 4. The monoisotopic (exact) mass is 531 g/mol. The Morgan fingerprint density at radius 3 is 2.33 bits per heavy atom. The third kappa shape index (κ3) is 9.56. The molecule has 0 heterocycles. The Morgan fingerprint density at radius 1 is 0.846 bits per heavy atom. The Balaban J connectivity index is 1.58.